The average molecular weight is 316 g/mol. The molecule has 10 heteroatoms. The van der Waals surface area contributed by atoms with E-state index in [1.165, 1.54) is 28.1 Å². The molecule has 0 unspecified atom stereocenters. The van der Waals surface area contributed by atoms with Gasteiger partial charge in [-0.05, 0) is 0 Å². The van der Waals surface area contributed by atoms with Crippen molar-refractivity contribution in [3.8, 4) is 17.4 Å². The van der Waals surface area contributed by atoms with E-state index in [1.807, 2.05) is 0 Å². The Labute approximate surface area is 131 Å². The molecule has 1 aliphatic heterocycles. The van der Waals surface area contributed by atoms with Gasteiger partial charge in [0.15, 0.2) is 11.5 Å². The molecule has 0 aliphatic carbocycles. The first-order chi connectivity index (χ1) is 10.8. The number of hydrogen-bond donors (Lipinski definition) is 2. The second-order valence-electron chi connectivity index (χ2n) is 4.76. The zero-order chi connectivity index (χ0) is 14.9. The van der Waals surface area contributed by atoms with Gasteiger partial charge in [0.1, 0.15) is 12.4 Å². The van der Waals surface area contributed by atoms with Crippen molar-refractivity contribution in [1.82, 2.24) is 40.1 Å². The number of nitrogens with one attached hydrogen (secondary N) is 2. The number of nitrogens with zero attached hydrogens (tertiary/aromatic N) is 6. The summed E-state index contributed by atoms with van der Waals surface area (Å²) >= 11 is 0. The van der Waals surface area contributed by atoms with E-state index >= 15 is 0 Å². The molecule has 0 spiro atoms. The van der Waals surface area contributed by atoms with Crippen molar-refractivity contribution in [2.24, 2.45) is 0 Å². The molecule has 0 saturated carbocycles. The van der Waals surface area contributed by atoms with Crippen molar-refractivity contribution in [1.29, 1.82) is 0 Å². The van der Waals surface area contributed by atoms with Crippen LogP contribution in [0.25, 0.3) is 11.5 Å². The van der Waals surface area contributed by atoms with Crippen LogP contribution in [0.5, 0.6) is 5.88 Å². The molecule has 4 rings (SSSR count). The Balaban J connectivity index is 0.00000156. The van der Waals surface area contributed by atoms with Crippen molar-refractivity contribution in [3.63, 3.8) is 0 Å². The van der Waals surface area contributed by atoms with E-state index in [0.717, 1.165) is 13.1 Å². The summed E-state index contributed by atoms with van der Waals surface area (Å²) in [6.07, 6.45) is 6.09. The first-order valence-corrected chi connectivity index (χ1v) is 6.68. The fourth-order valence-electron chi connectivity index (χ4n) is 2.06. The first-order valence-electron chi connectivity index (χ1n) is 6.68. The third-order valence-electron chi connectivity index (χ3n) is 3.31. The number of H-pyrrole nitrogens is 1. The second-order valence-corrected chi connectivity index (χ2v) is 4.76. The highest BCUT2D eigenvalue weighted by Crippen LogP contribution is 2.13. The molecule has 0 aromatic carbocycles. The Hall–Kier alpha value is -3.01. The minimum Gasteiger partial charge on any atom is -0.471 e. The summed E-state index contributed by atoms with van der Waals surface area (Å²) < 4.78 is 8.34. The van der Waals surface area contributed by atoms with Gasteiger partial charge < -0.3 is 10.1 Å². The monoisotopic (exact) mass is 316 g/mol. The molecule has 3 aromatic rings. The van der Waals surface area contributed by atoms with Crippen LogP contribution in [0.2, 0.25) is 0 Å². The molecule has 10 nitrogen and oxygen atoms in total. The summed E-state index contributed by atoms with van der Waals surface area (Å²) in [5.41, 5.74) is 0.0576. The van der Waals surface area contributed by atoms with E-state index in [2.05, 4.69) is 30.7 Å². The summed E-state index contributed by atoms with van der Waals surface area (Å²) in [6, 6.07) is 1.61. The average Bonchev–Trinajstić information content (AvgIpc) is 3.12. The Kier molecular flexibility index (Phi) is 3.89. The van der Waals surface area contributed by atoms with Crippen molar-refractivity contribution < 1.29 is 4.74 Å². The Morgan fingerprint density at radius 1 is 1.30 bits per heavy atom. The molecular weight excluding hydrogens is 300 g/mol. The van der Waals surface area contributed by atoms with E-state index in [1.54, 1.807) is 12.3 Å². The third kappa shape index (κ3) is 2.71. The minimum absolute atomic E-state index is 0. The van der Waals surface area contributed by atoms with E-state index in [-0.39, 0.29) is 19.1 Å². The fraction of sp³-hybridized carbons (Fsp3) is 0.308. The third-order valence-corrected chi connectivity index (χ3v) is 3.31. The SMILES string of the molecule is C.O=c1c(-n2ccnn2)c[nH]n1-c1cc(OC2CNC2)ncn1. The summed E-state index contributed by atoms with van der Waals surface area (Å²) in [5.74, 6) is 0.828. The lowest BCUT2D eigenvalue weighted by Gasteiger charge is -2.27. The summed E-state index contributed by atoms with van der Waals surface area (Å²) in [5, 5.41) is 13.4. The predicted molar refractivity (Wildman–Crippen MR) is 80.9 cm³/mol. The molecule has 23 heavy (non-hydrogen) atoms. The highest BCUT2D eigenvalue weighted by Gasteiger charge is 2.19. The van der Waals surface area contributed by atoms with Crippen LogP contribution in [-0.4, -0.2) is 53.9 Å². The van der Waals surface area contributed by atoms with Crippen molar-refractivity contribution >= 4 is 0 Å². The second kappa shape index (κ2) is 6.01. The van der Waals surface area contributed by atoms with Crippen molar-refractivity contribution in [2.75, 3.05) is 13.1 Å². The maximum absolute atomic E-state index is 12.4. The molecule has 1 saturated heterocycles. The molecule has 0 atom stereocenters. The fourth-order valence-corrected chi connectivity index (χ4v) is 2.06. The zero-order valence-corrected chi connectivity index (χ0v) is 11.4. The number of aromatic nitrogens is 7. The van der Waals surface area contributed by atoms with E-state index in [4.69, 9.17) is 4.74 Å². The van der Waals surface area contributed by atoms with Gasteiger partial charge in [-0.3, -0.25) is 9.89 Å². The molecule has 120 valence electrons. The topological polar surface area (TPSA) is 116 Å². The lowest BCUT2D eigenvalue weighted by molar-refractivity contribution is 0.136. The van der Waals surface area contributed by atoms with Crippen LogP contribution in [0.3, 0.4) is 0 Å². The van der Waals surface area contributed by atoms with Gasteiger partial charge >= 0.3 is 0 Å². The van der Waals surface area contributed by atoms with E-state index in [9.17, 15) is 4.79 Å². The standard InChI is InChI=1S/C12H12N8O2.CH4/c21-12-9(19-2-1-16-18-19)6-17-20(12)10-3-11(15-7-14-10)22-8-4-13-5-8;/h1-3,6-8,13,17H,4-5H2;1H4. The van der Waals surface area contributed by atoms with E-state index in [0.29, 0.717) is 17.4 Å². The summed E-state index contributed by atoms with van der Waals surface area (Å²) in [7, 11) is 0. The Morgan fingerprint density at radius 2 is 2.17 bits per heavy atom. The van der Waals surface area contributed by atoms with Gasteiger partial charge in [0.2, 0.25) is 5.88 Å². The van der Waals surface area contributed by atoms with Gasteiger partial charge in [0, 0.05) is 19.2 Å². The van der Waals surface area contributed by atoms with Crippen molar-refractivity contribution in [2.45, 2.75) is 13.5 Å². The highest BCUT2D eigenvalue weighted by molar-refractivity contribution is 5.31. The summed E-state index contributed by atoms with van der Waals surface area (Å²) in [6.45, 7) is 1.58. The highest BCUT2D eigenvalue weighted by atomic mass is 16.5. The Bertz CT molecular complexity index is 834. The summed E-state index contributed by atoms with van der Waals surface area (Å²) in [4.78, 5) is 20.6. The van der Waals surface area contributed by atoms with Gasteiger partial charge in [-0.2, -0.15) is 4.68 Å². The predicted octanol–water partition coefficient (Wildman–Crippen LogP) is -0.477. The maximum atomic E-state index is 12.4. The molecule has 4 heterocycles. The van der Waals surface area contributed by atoms with Crippen LogP contribution in [0.1, 0.15) is 7.43 Å². The molecule has 1 aliphatic rings. The number of aromatic amines is 1. The molecule has 1 fully saturated rings. The normalized spacial score (nSPS) is 14.1. The van der Waals surface area contributed by atoms with Crippen LogP contribution < -0.4 is 15.6 Å². The van der Waals surface area contributed by atoms with Crippen LogP contribution in [-0.2, 0) is 0 Å². The van der Waals surface area contributed by atoms with Crippen LogP contribution >= 0.6 is 0 Å². The smallest absolute Gasteiger partial charge is 0.298 e. The van der Waals surface area contributed by atoms with E-state index < -0.39 is 0 Å². The van der Waals surface area contributed by atoms with Crippen LogP contribution in [0.4, 0.5) is 0 Å². The molecule has 2 N–H and O–H groups in total. The number of rotatable bonds is 4. The van der Waals surface area contributed by atoms with Gasteiger partial charge in [-0.25, -0.2) is 14.6 Å². The number of ether oxygens (including phenoxy) is 1. The quantitative estimate of drug-likeness (QED) is 0.668. The molecule has 0 radical (unpaired) electrons. The van der Waals surface area contributed by atoms with Gasteiger partial charge in [-0.1, -0.05) is 12.6 Å². The lowest BCUT2D eigenvalue weighted by atomic mass is 10.2. The van der Waals surface area contributed by atoms with Gasteiger partial charge in [0.05, 0.1) is 18.6 Å². The number of hydrogen-bond acceptors (Lipinski definition) is 7. The lowest BCUT2D eigenvalue weighted by Crippen LogP contribution is -2.50. The largest absolute Gasteiger partial charge is 0.471 e. The zero-order valence-electron chi connectivity index (χ0n) is 11.4. The van der Waals surface area contributed by atoms with Gasteiger partial charge in [0.25, 0.3) is 5.56 Å². The van der Waals surface area contributed by atoms with Crippen LogP contribution in [0.15, 0.2) is 35.8 Å². The molecular formula is C13H16N8O2. The molecule has 0 bridgehead atoms. The maximum Gasteiger partial charge on any atom is 0.298 e. The Morgan fingerprint density at radius 3 is 2.87 bits per heavy atom. The molecule has 0 amide bonds. The van der Waals surface area contributed by atoms with Crippen LogP contribution in [0, 0.1) is 0 Å². The van der Waals surface area contributed by atoms with Crippen molar-refractivity contribution in [3.05, 3.63) is 41.3 Å². The minimum atomic E-state index is -0.291. The molecule has 3 aromatic heterocycles. The van der Waals surface area contributed by atoms with Gasteiger partial charge in [-0.15, -0.1) is 5.10 Å². The first kappa shape index (κ1) is 14.9.